The normalized spacial score (nSPS) is 10.1. The van der Waals surface area contributed by atoms with E-state index in [1.54, 1.807) is 0 Å². The molecule has 0 bridgehead atoms. The first-order valence-corrected chi connectivity index (χ1v) is 3.88. The molecule has 0 fully saturated rings. The third-order valence-electron chi connectivity index (χ3n) is 1.75. The Morgan fingerprint density at radius 1 is 1.55 bits per heavy atom. The van der Waals surface area contributed by atoms with Crippen LogP contribution in [0.15, 0.2) is 24.8 Å². The Kier molecular flexibility index (Phi) is 2.48. The molecular weight excluding hydrogens is 132 g/mol. The zero-order valence-electron chi connectivity index (χ0n) is 7.09. The van der Waals surface area contributed by atoms with E-state index in [9.17, 15) is 0 Å². The molecule has 11 heavy (non-hydrogen) atoms. The minimum absolute atomic E-state index is 0.556. The van der Waals surface area contributed by atoms with Crippen LogP contribution in [0, 0.1) is 6.07 Å². The summed E-state index contributed by atoms with van der Waals surface area (Å²) in [5, 5.41) is 0. The van der Waals surface area contributed by atoms with E-state index in [0.717, 1.165) is 5.56 Å². The summed E-state index contributed by atoms with van der Waals surface area (Å²) < 4.78 is 0. The van der Waals surface area contributed by atoms with Gasteiger partial charge in [-0.25, -0.2) is 0 Å². The van der Waals surface area contributed by atoms with Crippen LogP contribution in [0.25, 0.3) is 6.08 Å². The zero-order valence-corrected chi connectivity index (χ0v) is 7.09. The predicted molar refractivity (Wildman–Crippen MR) is 49.5 cm³/mol. The van der Waals surface area contributed by atoms with Crippen LogP contribution in [0.2, 0.25) is 0 Å². The molecule has 1 radical (unpaired) electrons. The molecule has 0 nitrogen and oxygen atoms in total. The minimum Gasteiger partial charge on any atom is -0.0984 e. The van der Waals surface area contributed by atoms with E-state index in [4.69, 9.17) is 0 Å². The maximum Gasteiger partial charge on any atom is -0.0103 e. The Balaban J connectivity index is 3.12. The van der Waals surface area contributed by atoms with Crippen LogP contribution in [-0.2, 0) is 0 Å². The molecule has 1 aromatic carbocycles. The van der Waals surface area contributed by atoms with Gasteiger partial charge < -0.3 is 0 Å². The number of benzene rings is 1. The Labute approximate surface area is 68.6 Å². The summed E-state index contributed by atoms with van der Waals surface area (Å²) >= 11 is 0. The zero-order chi connectivity index (χ0) is 8.27. The first kappa shape index (κ1) is 8.06. The molecule has 1 aromatic rings. The Hall–Kier alpha value is -1.04. The third kappa shape index (κ3) is 1.70. The number of rotatable bonds is 2. The molecule has 0 unspecified atom stereocenters. The Morgan fingerprint density at radius 2 is 2.27 bits per heavy atom. The molecule has 57 valence electrons. The lowest BCUT2D eigenvalue weighted by atomic mass is 9.97. The van der Waals surface area contributed by atoms with Gasteiger partial charge >= 0.3 is 0 Å². The van der Waals surface area contributed by atoms with Crippen molar-refractivity contribution in [3.63, 3.8) is 0 Å². The van der Waals surface area contributed by atoms with E-state index in [0.29, 0.717) is 5.92 Å². The fraction of sp³-hybridized carbons (Fsp3) is 0.273. The molecule has 0 atom stereocenters. The molecule has 0 saturated heterocycles. The van der Waals surface area contributed by atoms with Crippen LogP contribution in [-0.4, -0.2) is 0 Å². The van der Waals surface area contributed by atoms with E-state index < -0.39 is 0 Å². The molecule has 0 heteroatoms. The Morgan fingerprint density at radius 3 is 2.73 bits per heavy atom. The molecular formula is C11H13. The van der Waals surface area contributed by atoms with Gasteiger partial charge in [0.05, 0.1) is 0 Å². The van der Waals surface area contributed by atoms with E-state index in [1.807, 2.05) is 18.2 Å². The van der Waals surface area contributed by atoms with E-state index in [1.165, 1.54) is 5.56 Å². The van der Waals surface area contributed by atoms with Crippen molar-refractivity contribution in [2.75, 3.05) is 0 Å². The van der Waals surface area contributed by atoms with Gasteiger partial charge in [-0.05, 0) is 23.1 Å². The second-order valence-electron chi connectivity index (χ2n) is 2.90. The van der Waals surface area contributed by atoms with Gasteiger partial charge in [-0.1, -0.05) is 44.7 Å². The standard InChI is InChI=1S/C11H13/c1-4-10-7-5-6-8-11(10)9(2)3/h4-6,8-9H,1H2,2-3H3. The lowest BCUT2D eigenvalue weighted by Gasteiger charge is -2.07. The lowest BCUT2D eigenvalue weighted by Crippen LogP contribution is -1.90. The minimum atomic E-state index is 0.556. The van der Waals surface area contributed by atoms with Crippen molar-refractivity contribution in [2.45, 2.75) is 19.8 Å². The quantitative estimate of drug-likeness (QED) is 0.599. The first-order chi connectivity index (χ1) is 5.25. The molecule has 0 heterocycles. The third-order valence-corrected chi connectivity index (χ3v) is 1.75. The van der Waals surface area contributed by atoms with Crippen molar-refractivity contribution in [2.24, 2.45) is 0 Å². The summed E-state index contributed by atoms with van der Waals surface area (Å²) in [5.41, 5.74) is 2.45. The van der Waals surface area contributed by atoms with Crippen LogP contribution in [0.5, 0.6) is 0 Å². The average molecular weight is 145 g/mol. The van der Waals surface area contributed by atoms with Crippen molar-refractivity contribution in [3.05, 3.63) is 42.0 Å². The van der Waals surface area contributed by atoms with Crippen molar-refractivity contribution in [3.8, 4) is 0 Å². The van der Waals surface area contributed by atoms with Crippen molar-refractivity contribution in [1.29, 1.82) is 0 Å². The van der Waals surface area contributed by atoms with Crippen LogP contribution in [0.4, 0.5) is 0 Å². The molecule has 1 rings (SSSR count). The smallest absolute Gasteiger partial charge is 0.0103 e. The summed E-state index contributed by atoms with van der Waals surface area (Å²) in [7, 11) is 0. The van der Waals surface area contributed by atoms with Gasteiger partial charge in [-0.2, -0.15) is 0 Å². The molecule has 0 aromatic heterocycles. The highest BCUT2D eigenvalue weighted by Gasteiger charge is 2.01. The maximum atomic E-state index is 3.74. The molecule has 0 aliphatic rings. The molecule has 0 aliphatic carbocycles. The summed E-state index contributed by atoms with van der Waals surface area (Å²) in [6.45, 7) is 8.10. The fourth-order valence-electron chi connectivity index (χ4n) is 1.14. The number of hydrogen-bond donors (Lipinski definition) is 0. The predicted octanol–water partition coefficient (Wildman–Crippen LogP) is 3.25. The van der Waals surface area contributed by atoms with Gasteiger partial charge in [0.1, 0.15) is 0 Å². The van der Waals surface area contributed by atoms with Gasteiger partial charge in [-0.15, -0.1) is 0 Å². The van der Waals surface area contributed by atoms with Crippen LogP contribution in [0.1, 0.15) is 30.9 Å². The van der Waals surface area contributed by atoms with Crippen LogP contribution in [0.3, 0.4) is 0 Å². The van der Waals surface area contributed by atoms with E-state index >= 15 is 0 Å². The molecule has 0 aliphatic heterocycles. The second-order valence-corrected chi connectivity index (χ2v) is 2.90. The summed E-state index contributed by atoms with van der Waals surface area (Å²) in [6, 6.07) is 9.21. The van der Waals surface area contributed by atoms with Crippen molar-refractivity contribution >= 4 is 6.08 Å². The maximum absolute atomic E-state index is 3.74. The largest absolute Gasteiger partial charge is 0.0984 e. The summed E-state index contributed by atoms with van der Waals surface area (Å²) in [4.78, 5) is 0. The highest BCUT2D eigenvalue weighted by atomic mass is 14.1. The van der Waals surface area contributed by atoms with E-state index in [2.05, 4.69) is 32.6 Å². The monoisotopic (exact) mass is 145 g/mol. The lowest BCUT2D eigenvalue weighted by molar-refractivity contribution is 0.864. The summed E-state index contributed by atoms with van der Waals surface area (Å²) in [6.07, 6.45) is 1.86. The van der Waals surface area contributed by atoms with Crippen molar-refractivity contribution in [1.82, 2.24) is 0 Å². The van der Waals surface area contributed by atoms with Gasteiger partial charge in [0.2, 0.25) is 0 Å². The number of hydrogen-bond acceptors (Lipinski definition) is 0. The SMILES string of the molecule is C=Cc1[c]cccc1C(C)C. The fourth-order valence-corrected chi connectivity index (χ4v) is 1.14. The topological polar surface area (TPSA) is 0 Å². The second kappa shape index (κ2) is 3.38. The van der Waals surface area contributed by atoms with Gasteiger partial charge in [0.25, 0.3) is 0 Å². The Bertz CT molecular complexity index is 246. The molecule has 0 spiro atoms. The van der Waals surface area contributed by atoms with E-state index in [-0.39, 0.29) is 0 Å². The van der Waals surface area contributed by atoms with Gasteiger partial charge in [0, 0.05) is 0 Å². The molecule has 0 amide bonds. The first-order valence-electron chi connectivity index (χ1n) is 3.88. The van der Waals surface area contributed by atoms with Gasteiger partial charge in [-0.3, -0.25) is 0 Å². The molecule has 0 saturated carbocycles. The molecule has 0 N–H and O–H groups in total. The van der Waals surface area contributed by atoms with Gasteiger partial charge in [0.15, 0.2) is 0 Å². The highest BCUT2D eigenvalue weighted by molar-refractivity contribution is 5.51. The summed E-state index contributed by atoms with van der Waals surface area (Å²) in [5.74, 6) is 0.556. The highest BCUT2D eigenvalue weighted by Crippen LogP contribution is 2.18. The van der Waals surface area contributed by atoms with Crippen LogP contribution >= 0.6 is 0 Å². The van der Waals surface area contributed by atoms with Crippen molar-refractivity contribution < 1.29 is 0 Å². The van der Waals surface area contributed by atoms with Crippen LogP contribution < -0.4 is 0 Å². The average Bonchev–Trinajstić information content (AvgIpc) is 2.04.